The van der Waals surface area contributed by atoms with Gasteiger partial charge in [0.25, 0.3) is 0 Å². The van der Waals surface area contributed by atoms with Gasteiger partial charge in [-0.3, -0.25) is 0 Å². The molecule has 4 atom stereocenters. The second-order valence-corrected chi connectivity index (χ2v) is 6.30. The summed E-state index contributed by atoms with van der Waals surface area (Å²) in [6, 6.07) is 0.578. The average molecular weight is 352 g/mol. The van der Waals surface area contributed by atoms with Crippen molar-refractivity contribution in [1.29, 1.82) is 0 Å². The molecule has 0 aliphatic heterocycles. The quantitative estimate of drug-likeness (QED) is 0.513. The Morgan fingerprint density at radius 2 is 1.58 bits per heavy atom. The first-order valence-electron chi connectivity index (χ1n) is 8.87. The Morgan fingerprint density at radius 1 is 0.958 bits per heavy atom. The van der Waals surface area contributed by atoms with Crippen molar-refractivity contribution >= 4 is 0 Å². The normalized spacial score (nSPS) is 16.2. The van der Waals surface area contributed by atoms with Crippen LogP contribution in [0.1, 0.15) is 41.0 Å². The third-order valence-corrected chi connectivity index (χ3v) is 3.70. The highest BCUT2D eigenvalue weighted by atomic mass is 16.6. The van der Waals surface area contributed by atoms with Gasteiger partial charge in [-0.05, 0) is 41.2 Å². The zero-order valence-corrected chi connectivity index (χ0v) is 17.1. The van der Waals surface area contributed by atoms with E-state index < -0.39 is 0 Å². The van der Waals surface area contributed by atoms with Crippen LogP contribution in [0.5, 0.6) is 0 Å². The number of nitrogens with zero attached hydrogens (tertiary/aromatic N) is 1. The molecule has 0 aromatic heterocycles. The molecule has 148 valence electrons. The van der Waals surface area contributed by atoms with Gasteiger partial charge < -0.3 is 29.0 Å². The standard InChI is InChI=1S/C10H22O4.C8H19NO/c1-9(12-4)8-14-10(2)7-13-6-5-11-3;1-5-7(2)9(4)6-8(3)10/h9-10H,5-8H2,1-4H3;7-8,10H,5-6H2,1-4H3. The number of aliphatic hydroxyl groups is 1. The van der Waals surface area contributed by atoms with E-state index in [1.165, 1.54) is 0 Å². The van der Waals surface area contributed by atoms with Gasteiger partial charge in [-0.15, -0.1) is 0 Å². The molecule has 0 aromatic carbocycles. The van der Waals surface area contributed by atoms with Crippen LogP contribution in [0.3, 0.4) is 0 Å². The van der Waals surface area contributed by atoms with Crippen molar-refractivity contribution in [3.8, 4) is 0 Å². The average Bonchev–Trinajstić information content (AvgIpc) is 2.55. The lowest BCUT2D eigenvalue weighted by Gasteiger charge is -2.24. The lowest BCUT2D eigenvalue weighted by atomic mass is 10.2. The molecule has 0 aliphatic rings. The summed E-state index contributed by atoms with van der Waals surface area (Å²) in [5.41, 5.74) is 0. The van der Waals surface area contributed by atoms with Crippen LogP contribution in [-0.2, 0) is 18.9 Å². The molecular formula is C18H41NO5. The summed E-state index contributed by atoms with van der Waals surface area (Å²) in [7, 11) is 5.37. The van der Waals surface area contributed by atoms with E-state index >= 15 is 0 Å². The molecule has 0 saturated carbocycles. The number of methoxy groups -OCH3 is 2. The second-order valence-electron chi connectivity index (χ2n) is 6.30. The third kappa shape index (κ3) is 18.1. The van der Waals surface area contributed by atoms with E-state index in [1.807, 2.05) is 27.8 Å². The first-order chi connectivity index (χ1) is 11.3. The van der Waals surface area contributed by atoms with E-state index in [9.17, 15) is 0 Å². The summed E-state index contributed by atoms with van der Waals surface area (Å²) < 4.78 is 20.7. The predicted molar refractivity (Wildman–Crippen MR) is 98.6 cm³/mol. The largest absolute Gasteiger partial charge is 0.392 e. The van der Waals surface area contributed by atoms with Crippen molar-refractivity contribution < 1.29 is 24.1 Å². The van der Waals surface area contributed by atoms with Gasteiger partial charge in [0.05, 0.1) is 44.7 Å². The van der Waals surface area contributed by atoms with Crippen LogP contribution in [0.2, 0.25) is 0 Å². The van der Waals surface area contributed by atoms with E-state index in [0.29, 0.717) is 32.5 Å². The van der Waals surface area contributed by atoms with E-state index in [0.717, 1.165) is 13.0 Å². The van der Waals surface area contributed by atoms with Crippen LogP contribution < -0.4 is 0 Å². The maximum Gasteiger partial charge on any atom is 0.0781 e. The van der Waals surface area contributed by atoms with Gasteiger partial charge in [0.15, 0.2) is 0 Å². The molecule has 0 bridgehead atoms. The monoisotopic (exact) mass is 351 g/mol. The molecule has 6 heteroatoms. The Morgan fingerprint density at radius 3 is 2.04 bits per heavy atom. The minimum absolute atomic E-state index is 0.101. The highest BCUT2D eigenvalue weighted by Gasteiger charge is 2.08. The van der Waals surface area contributed by atoms with E-state index in [2.05, 4.69) is 18.7 Å². The Bertz CT molecular complexity index is 254. The molecular weight excluding hydrogens is 310 g/mol. The van der Waals surface area contributed by atoms with Gasteiger partial charge in [-0.25, -0.2) is 0 Å². The minimum Gasteiger partial charge on any atom is -0.392 e. The Hall–Kier alpha value is -0.240. The first-order valence-corrected chi connectivity index (χ1v) is 8.87. The van der Waals surface area contributed by atoms with Crippen molar-refractivity contribution in [3.05, 3.63) is 0 Å². The number of likely N-dealkylation sites (N-methyl/N-ethyl adjacent to an activating group) is 1. The lowest BCUT2D eigenvalue weighted by Crippen LogP contribution is -2.34. The molecule has 24 heavy (non-hydrogen) atoms. The van der Waals surface area contributed by atoms with Gasteiger partial charge >= 0.3 is 0 Å². The van der Waals surface area contributed by atoms with Crippen LogP contribution in [0.4, 0.5) is 0 Å². The van der Waals surface area contributed by atoms with E-state index in [4.69, 9.17) is 24.1 Å². The summed E-state index contributed by atoms with van der Waals surface area (Å²) in [4.78, 5) is 2.17. The fourth-order valence-corrected chi connectivity index (χ4v) is 1.72. The zero-order valence-electron chi connectivity index (χ0n) is 17.1. The highest BCUT2D eigenvalue weighted by Crippen LogP contribution is 2.00. The number of hydrogen-bond donors (Lipinski definition) is 1. The number of ether oxygens (including phenoxy) is 4. The molecule has 0 aromatic rings. The topological polar surface area (TPSA) is 60.4 Å². The SMILES string of the molecule is CCC(C)N(C)CC(C)O.COCCOCC(C)OCC(C)OC. The number of rotatable bonds is 13. The molecule has 0 spiro atoms. The summed E-state index contributed by atoms with van der Waals surface area (Å²) in [5.74, 6) is 0. The molecule has 0 saturated heterocycles. The smallest absolute Gasteiger partial charge is 0.0781 e. The van der Waals surface area contributed by atoms with Crippen LogP contribution >= 0.6 is 0 Å². The molecule has 1 N–H and O–H groups in total. The predicted octanol–water partition coefficient (Wildman–Crippen LogP) is 2.19. The molecule has 4 unspecified atom stereocenters. The van der Waals surface area contributed by atoms with Crippen molar-refractivity contribution in [3.63, 3.8) is 0 Å². The fourth-order valence-electron chi connectivity index (χ4n) is 1.72. The number of aliphatic hydroxyl groups excluding tert-OH is 1. The van der Waals surface area contributed by atoms with Gasteiger partial charge in [0, 0.05) is 26.8 Å². The van der Waals surface area contributed by atoms with Crippen LogP contribution in [0, 0.1) is 0 Å². The Kier molecular flexibility index (Phi) is 19.0. The number of hydrogen-bond acceptors (Lipinski definition) is 6. The van der Waals surface area contributed by atoms with Crippen LogP contribution in [0.15, 0.2) is 0 Å². The highest BCUT2D eigenvalue weighted by molar-refractivity contribution is 4.62. The van der Waals surface area contributed by atoms with Gasteiger partial charge in [0.2, 0.25) is 0 Å². The van der Waals surface area contributed by atoms with Crippen molar-refractivity contribution in [2.24, 2.45) is 0 Å². The van der Waals surface area contributed by atoms with E-state index in [-0.39, 0.29) is 18.3 Å². The summed E-state index contributed by atoms with van der Waals surface area (Å²) in [5, 5.41) is 9.03. The fraction of sp³-hybridized carbons (Fsp3) is 1.00. The molecule has 0 aliphatic carbocycles. The molecule has 0 fully saturated rings. The molecule has 0 heterocycles. The van der Waals surface area contributed by atoms with Crippen molar-refractivity contribution in [2.75, 3.05) is 54.2 Å². The van der Waals surface area contributed by atoms with Crippen LogP contribution in [0.25, 0.3) is 0 Å². The zero-order chi connectivity index (χ0) is 19.0. The van der Waals surface area contributed by atoms with Gasteiger partial charge in [0.1, 0.15) is 0 Å². The molecule has 6 nitrogen and oxygen atoms in total. The molecule has 0 amide bonds. The van der Waals surface area contributed by atoms with Crippen molar-refractivity contribution in [2.45, 2.75) is 65.4 Å². The maximum atomic E-state index is 9.03. The van der Waals surface area contributed by atoms with Crippen LogP contribution in [-0.4, -0.2) is 88.6 Å². The lowest BCUT2D eigenvalue weighted by molar-refractivity contribution is -0.0515. The Balaban J connectivity index is 0. The van der Waals surface area contributed by atoms with Crippen molar-refractivity contribution in [1.82, 2.24) is 4.90 Å². The molecule has 0 radical (unpaired) electrons. The third-order valence-electron chi connectivity index (χ3n) is 3.70. The maximum absolute atomic E-state index is 9.03. The van der Waals surface area contributed by atoms with Gasteiger partial charge in [-0.2, -0.15) is 0 Å². The first kappa shape index (κ1) is 26.0. The Labute approximate surface area is 149 Å². The summed E-state index contributed by atoms with van der Waals surface area (Å²) >= 11 is 0. The van der Waals surface area contributed by atoms with Gasteiger partial charge in [-0.1, -0.05) is 6.92 Å². The summed E-state index contributed by atoms with van der Waals surface area (Å²) in [6.45, 7) is 13.3. The molecule has 0 rings (SSSR count). The summed E-state index contributed by atoms with van der Waals surface area (Å²) in [6.07, 6.45) is 1.17. The second kappa shape index (κ2) is 17.6. The minimum atomic E-state index is -0.209. The van der Waals surface area contributed by atoms with E-state index in [1.54, 1.807) is 14.2 Å².